The fourth-order valence-corrected chi connectivity index (χ4v) is 1.01. The molecule has 0 aliphatic heterocycles. The van der Waals surface area contributed by atoms with Crippen LogP contribution in [-0.2, 0) is 6.54 Å². The number of rotatable bonds is 4. The first-order chi connectivity index (χ1) is 5.29. The topological polar surface area (TPSA) is 43.8 Å². The molecule has 2 N–H and O–H groups in total. The van der Waals surface area contributed by atoms with Gasteiger partial charge in [-0.2, -0.15) is 0 Å². The van der Waals surface area contributed by atoms with Gasteiger partial charge in [-0.1, -0.05) is 0 Å². The van der Waals surface area contributed by atoms with Gasteiger partial charge < -0.3 is 10.3 Å². The number of aromatic nitrogens is 2. The van der Waals surface area contributed by atoms with Crippen molar-refractivity contribution in [2.24, 2.45) is 5.73 Å². The first-order valence-electron chi connectivity index (χ1n) is 4.00. The minimum atomic E-state index is 0.318. The highest BCUT2D eigenvalue weighted by atomic mass is 15.0. The fraction of sp³-hybridized carbons (Fsp3) is 0.625. The summed E-state index contributed by atoms with van der Waals surface area (Å²) in [4.78, 5) is 3.95. The van der Waals surface area contributed by atoms with Gasteiger partial charge in [-0.25, -0.2) is 4.98 Å². The summed E-state index contributed by atoms with van der Waals surface area (Å²) in [6, 6.07) is 0.318. The van der Waals surface area contributed by atoms with E-state index < -0.39 is 0 Å². The van der Waals surface area contributed by atoms with Crippen LogP contribution in [0.15, 0.2) is 18.7 Å². The van der Waals surface area contributed by atoms with Gasteiger partial charge in [0.15, 0.2) is 0 Å². The molecule has 1 aromatic heterocycles. The van der Waals surface area contributed by atoms with Crippen LogP contribution in [0.1, 0.15) is 19.8 Å². The molecule has 0 fully saturated rings. The highest BCUT2D eigenvalue weighted by Gasteiger charge is 1.93. The molecule has 0 bridgehead atoms. The lowest BCUT2D eigenvalue weighted by Crippen LogP contribution is -2.15. The van der Waals surface area contributed by atoms with Gasteiger partial charge in [0.1, 0.15) is 0 Å². The molecule has 0 spiro atoms. The van der Waals surface area contributed by atoms with Gasteiger partial charge >= 0.3 is 0 Å². The van der Waals surface area contributed by atoms with Gasteiger partial charge in [-0.3, -0.25) is 0 Å². The van der Waals surface area contributed by atoms with E-state index in [0.29, 0.717) is 6.04 Å². The van der Waals surface area contributed by atoms with Crippen LogP contribution in [0.4, 0.5) is 0 Å². The second kappa shape index (κ2) is 4.13. The molecular weight excluding hydrogens is 138 g/mol. The summed E-state index contributed by atoms with van der Waals surface area (Å²) in [5.41, 5.74) is 5.61. The highest BCUT2D eigenvalue weighted by Crippen LogP contribution is 1.96. The lowest BCUT2D eigenvalue weighted by atomic mass is 10.2. The van der Waals surface area contributed by atoms with E-state index in [1.165, 1.54) is 0 Å². The lowest BCUT2D eigenvalue weighted by Gasteiger charge is -2.04. The van der Waals surface area contributed by atoms with E-state index >= 15 is 0 Å². The van der Waals surface area contributed by atoms with Gasteiger partial charge in [0.25, 0.3) is 0 Å². The number of hydrogen-bond donors (Lipinski definition) is 1. The Morgan fingerprint density at radius 1 is 1.64 bits per heavy atom. The summed E-state index contributed by atoms with van der Waals surface area (Å²) in [6.45, 7) is 3.06. The third-order valence-electron chi connectivity index (χ3n) is 1.63. The fourth-order valence-electron chi connectivity index (χ4n) is 1.01. The Hall–Kier alpha value is -0.830. The number of nitrogens with two attached hydrogens (primary N) is 1. The highest BCUT2D eigenvalue weighted by molar-refractivity contribution is 4.73. The average Bonchev–Trinajstić information content (AvgIpc) is 2.39. The van der Waals surface area contributed by atoms with Crippen molar-refractivity contribution in [3.8, 4) is 0 Å². The van der Waals surface area contributed by atoms with E-state index in [2.05, 4.69) is 9.55 Å². The summed E-state index contributed by atoms with van der Waals surface area (Å²) in [5, 5.41) is 0. The SMILES string of the molecule is CC(N)CCCn1ccnc1. The van der Waals surface area contributed by atoms with Gasteiger partial charge in [-0.05, 0) is 19.8 Å². The smallest absolute Gasteiger partial charge is 0.0945 e. The summed E-state index contributed by atoms with van der Waals surface area (Å²) in [7, 11) is 0. The Bertz CT molecular complexity index is 179. The van der Waals surface area contributed by atoms with Crippen molar-refractivity contribution in [2.45, 2.75) is 32.4 Å². The second-order valence-corrected chi connectivity index (χ2v) is 2.92. The molecule has 0 aliphatic carbocycles. The standard InChI is InChI=1S/C8H15N3/c1-8(9)3-2-5-11-6-4-10-7-11/h4,6-8H,2-3,5,9H2,1H3. The lowest BCUT2D eigenvalue weighted by molar-refractivity contribution is 0.558. The summed E-state index contributed by atoms with van der Waals surface area (Å²) in [5.74, 6) is 0. The molecule has 1 unspecified atom stereocenters. The maximum atomic E-state index is 5.61. The minimum Gasteiger partial charge on any atom is -0.337 e. The Morgan fingerprint density at radius 3 is 3.00 bits per heavy atom. The van der Waals surface area contributed by atoms with Crippen LogP contribution in [-0.4, -0.2) is 15.6 Å². The zero-order valence-corrected chi connectivity index (χ0v) is 6.90. The van der Waals surface area contributed by atoms with Gasteiger partial charge in [0, 0.05) is 25.0 Å². The summed E-state index contributed by atoms with van der Waals surface area (Å²) >= 11 is 0. The molecular formula is C8H15N3. The van der Waals surface area contributed by atoms with Crippen LogP contribution in [0.25, 0.3) is 0 Å². The molecule has 11 heavy (non-hydrogen) atoms. The summed E-state index contributed by atoms with van der Waals surface area (Å²) in [6.07, 6.45) is 7.82. The average molecular weight is 153 g/mol. The molecule has 0 amide bonds. The summed E-state index contributed by atoms with van der Waals surface area (Å²) < 4.78 is 2.07. The molecule has 0 aliphatic rings. The van der Waals surface area contributed by atoms with Crippen LogP contribution in [0.5, 0.6) is 0 Å². The molecule has 3 heteroatoms. The predicted octanol–water partition coefficient (Wildman–Crippen LogP) is 1.01. The van der Waals surface area contributed by atoms with Gasteiger partial charge in [0.2, 0.25) is 0 Å². The van der Waals surface area contributed by atoms with Crippen LogP contribution in [0.2, 0.25) is 0 Å². The van der Waals surface area contributed by atoms with Crippen LogP contribution in [0.3, 0.4) is 0 Å². The molecule has 0 saturated carbocycles. The van der Waals surface area contributed by atoms with Crippen molar-refractivity contribution < 1.29 is 0 Å². The maximum Gasteiger partial charge on any atom is 0.0945 e. The monoisotopic (exact) mass is 153 g/mol. The third-order valence-corrected chi connectivity index (χ3v) is 1.63. The Labute approximate surface area is 67.2 Å². The minimum absolute atomic E-state index is 0.318. The largest absolute Gasteiger partial charge is 0.337 e. The van der Waals surface area contributed by atoms with E-state index in [-0.39, 0.29) is 0 Å². The number of nitrogens with zero attached hydrogens (tertiary/aromatic N) is 2. The van der Waals surface area contributed by atoms with E-state index in [9.17, 15) is 0 Å². The van der Waals surface area contributed by atoms with Gasteiger partial charge in [0.05, 0.1) is 6.33 Å². The van der Waals surface area contributed by atoms with Crippen LogP contribution >= 0.6 is 0 Å². The van der Waals surface area contributed by atoms with Crippen LogP contribution in [0, 0.1) is 0 Å². The molecule has 3 nitrogen and oxygen atoms in total. The first-order valence-corrected chi connectivity index (χ1v) is 4.00. The van der Waals surface area contributed by atoms with E-state index in [0.717, 1.165) is 19.4 Å². The number of aryl methyl sites for hydroxylation is 1. The Morgan fingerprint density at radius 2 is 2.45 bits per heavy atom. The maximum absolute atomic E-state index is 5.61. The molecule has 0 radical (unpaired) electrons. The molecule has 1 heterocycles. The molecule has 1 atom stereocenters. The normalized spacial score (nSPS) is 13.3. The molecule has 0 aromatic carbocycles. The predicted molar refractivity (Wildman–Crippen MR) is 45.1 cm³/mol. The zero-order valence-electron chi connectivity index (χ0n) is 6.90. The van der Waals surface area contributed by atoms with E-state index in [1.807, 2.05) is 19.4 Å². The van der Waals surface area contributed by atoms with Crippen molar-refractivity contribution in [1.29, 1.82) is 0 Å². The van der Waals surface area contributed by atoms with E-state index in [1.54, 1.807) is 6.20 Å². The molecule has 1 aromatic rings. The van der Waals surface area contributed by atoms with Crippen LogP contribution < -0.4 is 5.73 Å². The third kappa shape index (κ3) is 3.18. The quantitative estimate of drug-likeness (QED) is 0.701. The second-order valence-electron chi connectivity index (χ2n) is 2.92. The van der Waals surface area contributed by atoms with Crippen molar-refractivity contribution in [1.82, 2.24) is 9.55 Å². The van der Waals surface area contributed by atoms with Crippen molar-refractivity contribution in [3.05, 3.63) is 18.7 Å². The molecule has 1 rings (SSSR count). The zero-order chi connectivity index (χ0) is 8.10. The number of hydrogen-bond acceptors (Lipinski definition) is 2. The van der Waals surface area contributed by atoms with Crippen molar-refractivity contribution in [3.63, 3.8) is 0 Å². The first kappa shape index (κ1) is 8.27. The van der Waals surface area contributed by atoms with Crippen molar-refractivity contribution in [2.75, 3.05) is 0 Å². The Kier molecular flexibility index (Phi) is 3.11. The molecule has 0 saturated heterocycles. The van der Waals surface area contributed by atoms with E-state index in [4.69, 9.17) is 5.73 Å². The molecule has 62 valence electrons. The Balaban J connectivity index is 2.14. The van der Waals surface area contributed by atoms with Gasteiger partial charge in [-0.15, -0.1) is 0 Å². The van der Waals surface area contributed by atoms with Crippen molar-refractivity contribution >= 4 is 0 Å². The number of imidazole rings is 1.